The van der Waals surface area contributed by atoms with Crippen LogP contribution in [-0.4, -0.2) is 37.1 Å². The summed E-state index contributed by atoms with van der Waals surface area (Å²) in [6.07, 6.45) is 14.9. The number of hydrogen-bond donors (Lipinski definition) is 0. The highest BCUT2D eigenvalue weighted by atomic mass is 35.5. The predicted octanol–water partition coefficient (Wildman–Crippen LogP) is 10.3. The Labute approximate surface area is 317 Å². The molecule has 2 fully saturated rings. The van der Waals surface area contributed by atoms with Crippen LogP contribution in [0.15, 0.2) is 92.0 Å². The minimum absolute atomic E-state index is 0.0600. The molecule has 8 nitrogen and oxygen atoms in total. The van der Waals surface area contributed by atoms with Crippen LogP contribution < -0.4 is 9.47 Å². The molecule has 2 aliphatic rings. The largest absolute Gasteiger partial charge is 0.463 e. The van der Waals surface area contributed by atoms with E-state index in [9.17, 15) is 19.2 Å². The van der Waals surface area contributed by atoms with Crippen molar-refractivity contribution < 1.29 is 38.1 Å². The van der Waals surface area contributed by atoms with E-state index in [1.807, 2.05) is 24.3 Å². The van der Waals surface area contributed by atoms with Crippen molar-refractivity contribution in [1.82, 2.24) is 0 Å². The third-order valence-electron chi connectivity index (χ3n) is 10.6. The van der Waals surface area contributed by atoms with Gasteiger partial charge in [-0.15, -0.1) is 0 Å². The zero-order chi connectivity index (χ0) is 37.6. The summed E-state index contributed by atoms with van der Waals surface area (Å²) in [5.41, 5.74) is 3.16. The normalized spacial score (nSPS) is 19.7. The van der Waals surface area contributed by atoms with Crippen LogP contribution in [0.1, 0.15) is 121 Å². The Balaban J connectivity index is 1.09. The van der Waals surface area contributed by atoms with E-state index in [4.69, 9.17) is 30.5 Å². The lowest BCUT2D eigenvalue weighted by molar-refractivity contribution is -0.138. The van der Waals surface area contributed by atoms with Crippen molar-refractivity contribution in [2.45, 2.75) is 88.9 Å². The average molecular weight is 741 g/mol. The first kappa shape index (κ1) is 39.5. The Bertz CT molecular complexity index is 1710. The quantitative estimate of drug-likeness (QED) is 0.0618. The minimum Gasteiger partial charge on any atom is -0.463 e. The molecule has 0 unspecified atom stereocenters. The van der Waals surface area contributed by atoms with Crippen LogP contribution in [-0.2, 0) is 19.1 Å². The van der Waals surface area contributed by atoms with Crippen LogP contribution in [0.3, 0.4) is 0 Å². The standard InChI is InChI=1S/C44H49ClO8/c1-3-41(46)50-27-5-7-30-9-13-32(14-10-30)34-17-21-36(22-18-34)43(48)52-39-26-25-38(45)29-40(39)53-44(49)37-23-19-35(20-24-37)33-15-11-31(12-16-33)8-6-28-51-42(47)4-2/h3-4,17-26,29-33H,1-2,5-16,27-28H2/t30-,31-,32-,33-. The molecular formula is C44H49ClO8. The van der Waals surface area contributed by atoms with Crippen molar-refractivity contribution >= 4 is 35.5 Å². The van der Waals surface area contributed by atoms with Crippen molar-refractivity contribution in [1.29, 1.82) is 0 Å². The second kappa shape index (κ2) is 20.0. The Morgan fingerprint density at radius 1 is 0.585 bits per heavy atom. The van der Waals surface area contributed by atoms with Gasteiger partial charge in [0.2, 0.25) is 0 Å². The van der Waals surface area contributed by atoms with Crippen LogP contribution in [0.2, 0.25) is 5.02 Å². The number of benzene rings is 3. The van der Waals surface area contributed by atoms with Crippen LogP contribution >= 0.6 is 11.6 Å². The van der Waals surface area contributed by atoms with Gasteiger partial charge in [-0.05, 0) is 148 Å². The maximum absolute atomic E-state index is 13.2. The number of carbonyl (C=O) groups is 4. The van der Waals surface area contributed by atoms with E-state index in [-0.39, 0.29) is 23.4 Å². The molecule has 0 radical (unpaired) electrons. The monoisotopic (exact) mass is 740 g/mol. The third kappa shape index (κ3) is 11.9. The lowest BCUT2D eigenvalue weighted by Crippen LogP contribution is -2.15. The Kier molecular flexibility index (Phi) is 14.9. The maximum Gasteiger partial charge on any atom is 0.343 e. The molecule has 0 atom stereocenters. The molecule has 0 bridgehead atoms. The molecule has 3 aromatic carbocycles. The molecule has 0 aliphatic heterocycles. The zero-order valence-corrected chi connectivity index (χ0v) is 31.0. The molecule has 5 rings (SSSR count). The highest BCUT2D eigenvalue weighted by Crippen LogP contribution is 2.39. The topological polar surface area (TPSA) is 105 Å². The Morgan fingerprint density at radius 3 is 1.42 bits per heavy atom. The summed E-state index contributed by atoms with van der Waals surface area (Å²) in [7, 11) is 0. The molecule has 0 heterocycles. The number of halogens is 1. The highest BCUT2D eigenvalue weighted by molar-refractivity contribution is 6.30. The van der Waals surface area contributed by atoms with Crippen LogP contribution in [0, 0.1) is 11.8 Å². The van der Waals surface area contributed by atoms with Crippen LogP contribution in [0.4, 0.5) is 0 Å². The van der Waals surface area contributed by atoms with Crippen molar-refractivity contribution in [3.8, 4) is 11.5 Å². The van der Waals surface area contributed by atoms with Crippen molar-refractivity contribution in [3.05, 3.63) is 119 Å². The van der Waals surface area contributed by atoms with E-state index in [0.717, 1.165) is 77.0 Å². The van der Waals surface area contributed by atoms with Crippen LogP contribution in [0.25, 0.3) is 0 Å². The van der Waals surface area contributed by atoms with Gasteiger partial charge in [-0.1, -0.05) is 49.0 Å². The molecule has 0 aromatic heterocycles. The SMILES string of the molecule is C=CC(=O)OCCC[C@H]1CC[C@H](c2ccc(C(=O)Oc3ccc(Cl)cc3OC(=O)c3ccc([C@H]4CC[C@H](CCCOC(=O)C=C)CC4)cc3)cc2)CC1. The summed E-state index contributed by atoms with van der Waals surface area (Å²) in [6.45, 7) is 7.70. The molecule has 53 heavy (non-hydrogen) atoms. The van der Waals surface area contributed by atoms with Gasteiger partial charge >= 0.3 is 23.9 Å². The van der Waals surface area contributed by atoms with E-state index < -0.39 is 11.9 Å². The number of carbonyl (C=O) groups excluding carboxylic acids is 4. The molecule has 0 amide bonds. The second-order valence-electron chi connectivity index (χ2n) is 14.1. The highest BCUT2D eigenvalue weighted by Gasteiger charge is 2.25. The fourth-order valence-corrected chi connectivity index (χ4v) is 7.68. The summed E-state index contributed by atoms with van der Waals surface area (Å²) in [5, 5.41) is 0.339. The first-order valence-corrected chi connectivity index (χ1v) is 19.1. The third-order valence-corrected chi connectivity index (χ3v) is 10.8. The van der Waals surface area contributed by atoms with Crippen molar-refractivity contribution in [3.63, 3.8) is 0 Å². The number of rotatable bonds is 16. The van der Waals surface area contributed by atoms with Gasteiger partial charge in [-0.2, -0.15) is 0 Å². The van der Waals surface area contributed by atoms with Gasteiger partial charge in [-0.3, -0.25) is 0 Å². The van der Waals surface area contributed by atoms with Crippen LogP contribution in [0.5, 0.6) is 11.5 Å². The smallest absolute Gasteiger partial charge is 0.343 e. The first-order chi connectivity index (χ1) is 25.7. The summed E-state index contributed by atoms with van der Waals surface area (Å²) in [6, 6.07) is 19.6. The second-order valence-corrected chi connectivity index (χ2v) is 14.5. The van der Waals surface area contributed by atoms with Crippen molar-refractivity contribution in [2.75, 3.05) is 13.2 Å². The summed E-state index contributed by atoms with van der Waals surface area (Å²) in [4.78, 5) is 48.8. The first-order valence-electron chi connectivity index (χ1n) is 18.7. The van der Waals surface area contributed by atoms with E-state index in [2.05, 4.69) is 13.2 Å². The van der Waals surface area contributed by atoms with Gasteiger partial charge in [0.05, 0.1) is 24.3 Å². The molecule has 9 heteroatoms. The van der Waals surface area contributed by atoms with Gasteiger partial charge < -0.3 is 18.9 Å². The Hall–Kier alpha value is -4.69. The van der Waals surface area contributed by atoms with E-state index in [1.165, 1.54) is 35.4 Å². The molecule has 3 aromatic rings. The minimum atomic E-state index is -0.577. The molecule has 280 valence electrons. The predicted molar refractivity (Wildman–Crippen MR) is 204 cm³/mol. The molecule has 0 saturated heterocycles. The maximum atomic E-state index is 13.2. The molecular weight excluding hydrogens is 692 g/mol. The number of ether oxygens (including phenoxy) is 4. The molecule has 2 aliphatic carbocycles. The number of hydrogen-bond acceptors (Lipinski definition) is 8. The van der Waals surface area contributed by atoms with E-state index in [1.54, 1.807) is 30.3 Å². The average Bonchev–Trinajstić information content (AvgIpc) is 3.19. The fourth-order valence-electron chi connectivity index (χ4n) is 7.52. The van der Waals surface area contributed by atoms with Gasteiger partial charge in [0.15, 0.2) is 11.5 Å². The lowest BCUT2D eigenvalue weighted by Gasteiger charge is -2.29. The van der Waals surface area contributed by atoms with Gasteiger partial charge in [-0.25, -0.2) is 19.2 Å². The summed E-state index contributed by atoms with van der Waals surface area (Å²) < 4.78 is 21.6. The van der Waals surface area contributed by atoms with E-state index in [0.29, 0.717) is 53.0 Å². The summed E-state index contributed by atoms with van der Waals surface area (Å²) >= 11 is 6.24. The Morgan fingerprint density at radius 2 is 1.00 bits per heavy atom. The van der Waals surface area contributed by atoms with E-state index >= 15 is 0 Å². The zero-order valence-electron chi connectivity index (χ0n) is 30.3. The molecule has 0 spiro atoms. The number of esters is 4. The van der Waals surface area contributed by atoms with Gasteiger partial charge in [0, 0.05) is 23.2 Å². The van der Waals surface area contributed by atoms with Gasteiger partial charge in [0.25, 0.3) is 0 Å². The van der Waals surface area contributed by atoms with Gasteiger partial charge in [0.1, 0.15) is 0 Å². The summed E-state index contributed by atoms with van der Waals surface area (Å²) in [5.74, 6) is 0.378. The van der Waals surface area contributed by atoms with Crippen molar-refractivity contribution in [2.24, 2.45) is 11.8 Å². The lowest BCUT2D eigenvalue weighted by atomic mass is 9.77. The molecule has 0 N–H and O–H groups in total. The fraction of sp³-hybridized carbons (Fsp3) is 0.409. The molecule has 2 saturated carbocycles.